The van der Waals surface area contributed by atoms with Crippen LogP contribution in [0.15, 0.2) is 60.8 Å². The Bertz CT molecular complexity index is 2190. The van der Waals surface area contributed by atoms with Gasteiger partial charge in [0.25, 0.3) is 0 Å². The molecule has 0 saturated heterocycles. The molecule has 0 amide bonds. The quantitative estimate of drug-likeness (QED) is 0.179. The standard InChI is InChI=1S/C47H57F3N3O.Pt/c1-43(2,3)32-22-30(21-31(23-32)38-24-28(19-20-51-38)34-16-13-15-29(34)27-47(48,49)50)35-17-14-18-39-40(35)52-42(53(39)46(10,11)12)36-25-33(44(4,5)6)26-37(41(36)54)45(7,8)9;/h14,17-20,22-26,29,34,54H,13,15-16,27H2,1-12H3;/q-1;. The maximum absolute atomic E-state index is 13.5. The minimum atomic E-state index is -4.18. The number of halogens is 3. The molecule has 0 bridgehead atoms. The smallest absolute Gasteiger partial charge is 0.389 e. The SMILES string of the molecule is CC(C)(C)c1cc(-c2cc(C3CCCC3CC(F)(F)F)ccn2)[c-]c(-c2cccc3c2nc(-c2cc(C(C)(C)C)cc(C(C)(C)C)c2O)n3C(C)(C)C)c1.[Pt]. The van der Waals surface area contributed by atoms with Crippen molar-refractivity contribution in [1.29, 1.82) is 0 Å². The van der Waals surface area contributed by atoms with Crippen molar-refractivity contribution in [2.24, 2.45) is 5.92 Å². The van der Waals surface area contributed by atoms with E-state index in [1.165, 1.54) is 0 Å². The van der Waals surface area contributed by atoms with Crippen LogP contribution in [0.25, 0.3) is 44.8 Å². The minimum absolute atomic E-state index is 0. The Hall–Kier alpha value is -3.44. The summed E-state index contributed by atoms with van der Waals surface area (Å²) in [5, 5.41) is 12.0. The Kier molecular flexibility index (Phi) is 11.5. The van der Waals surface area contributed by atoms with E-state index in [9.17, 15) is 18.3 Å². The molecule has 0 radical (unpaired) electrons. The molecule has 2 aromatic heterocycles. The molecule has 0 spiro atoms. The van der Waals surface area contributed by atoms with Crippen LogP contribution in [0.3, 0.4) is 0 Å². The van der Waals surface area contributed by atoms with Crippen LogP contribution in [0, 0.1) is 12.0 Å². The maximum Gasteiger partial charge on any atom is 0.389 e. The van der Waals surface area contributed by atoms with Crippen molar-refractivity contribution in [3.63, 3.8) is 0 Å². The Morgan fingerprint density at radius 2 is 1.40 bits per heavy atom. The maximum atomic E-state index is 13.5. The number of aromatic nitrogens is 3. The summed E-state index contributed by atoms with van der Waals surface area (Å²) in [5.74, 6) is 0.366. The van der Waals surface area contributed by atoms with E-state index in [1.807, 2.05) is 12.1 Å². The van der Waals surface area contributed by atoms with E-state index in [2.05, 4.69) is 136 Å². The summed E-state index contributed by atoms with van der Waals surface area (Å²) in [6, 6.07) is 22.3. The van der Waals surface area contributed by atoms with Gasteiger partial charge in [-0.15, -0.1) is 29.3 Å². The van der Waals surface area contributed by atoms with E-state index in [0.29, 0.717) is 23.5 Å². The summed E-state index contributed by atoms with van der Waals surface area (Å²) in [6.45, 7) is 25.9. The molecule has 3 aromatic carbocycles. The Morgan fingerprint density at radius 1 is 0.764 bits per heavy atom. The normalized spacial score (nSPS) is 17.1. The molecule has 1 aliphatic rings. The molecular formula is C47H57F3N3OPt-. The number of para-hydroxylation sites is 1. The first-order valence-electron chi connectivity index (χ1n) is 19.3. The van der Waals surface area contributed by atoms with E-state index in [4.69, 9.17) is 9.97 Å². The molecule has 2 heterocycles. The number of rotatable bonds is 5. The van der Waals surface area contributed by atoms with Crippen LogP contribution in [-0.2, 0) is 42.8 Å². The number of nitrogens with zero attached hydrogens (tertiary/aromatic N) is 3. The molecule has 2 unspecified atom stereocenters. The van der Waals surface area contributed by atoms with E-state index < -0.39 is 18.5 Å². The van der Waals surface area contributed by atoms with Crippen LogP contribution in [0.1, 0.15) is 137 Å². The Balaban J connectivity index is 0.00000580. The minimum Gasteiger partial charge on any atom is -0.507 e. The third kappa shape index (κ3) is 8.93. The molecule has 298 valence electrons. The molecule has 5 aromatic rings. The van der Waals surface area contributed by atoms with Gasteiger partial charge in [-0.25, -0.2) is 4.98 Å². The first-order valence-corrected chi connectivity index (χ1v) is 19.3. The summed E-state index contributed by atoms with van der Waals surface area (Å²) >= 11 is 0. The fraction of sp³-hybridized carbons (Fsp3) is 0.489. The number of pyridine rings is 1. The molecule has 1 N–H and O–H groups in total. The number of benzene rings is 3. The van der Waals surface area contributed by atoms with Crippen molar-refractivity contribution in [3.05, 3.63) is 89.1 Å². The molecular weight excluding hydrogens is 875 g/mol. The first-order chi connectivity index (χ1) is 24.8. The van der Waals surface area contributed by atoms with Crippen molar-refractivity contribution in [1.82, 2.24) is 14.5 Å². The van der Waals surface area contributed by atoms with Gasteiger partial charge in [-0.2, -0.15) is 13.2 Å². The number of phenols is 1. The summed E-state index contributed by atoms with van der Waals surface area (Å²) < 4.78 is 42.8. The van der Waals surface area contributed by atoms with Gasteiger partial charge in [0.05, 0.1) is 16.6 Å². The fourth-order valence-corrected chi connectivity index (χ4v) is 8.11. The van der Waals surface area contributed by atoms with Gasteiger partial charge in [-0.3, -0.25) is 4.98 Å². The molecule has 4 nitrogen and oxygen atoms in total. The molecule has 6 rings (SSSR count). The number of alkyl halides is 3. The third-order valence-corrected chi connectivity index (χ3v) is 11.0. The predicted molar refractivity (Wildman–Crippen MR) is 216 cm³/mol. The Morgan fingerprint density at radius 3 is 2.00 bits per heavy atom. The van der Waals surface area contributed by atoms with Crippen molar-refractivity contribution < 1.29 is 39.3 Å². The third-order valence-electron chi connectivity index (χ3n) is 11.0. The van der Waals surface area contributed by atoms with Gasteiger partial charge in [0.15, 0.2) is 0 Å². The number of aromatic hydroxyl groups is 1. The largest absolute Gasteiger partial charge is 0.507 e. The van der Waals surface area contributed by atoms with Crippen molar-refractivity contribution >= 4 is 11.0 Å². The predicted octanol–water partition coefficient (Wildman–Crippen LogP) is 13.4. The van der Waals surface area contributed by atoms with Crippen molar-refractivity contribution in [3.8, 4) is 39.5 Å². The zero-order valence-corrected chi connectivity index (χ0v) is 36.8. The number of hydrogen-bond donors (Lipinski definition) is 1. The molecule has 1 saturated carbocycles. The summed E-state index contributed by atoms with van der Waals surface area (Å²) in [7, 11) is 0. The van der Waals surface area contributed by atoms with Crippen molar-refractivity contribution in [2.75, 3.05) is 0 Å². The molecule has 8 heteroatoms. The zero-order valence-electron chi connectivity index (χ0n) is 34.5. The average molecular weight is 932 g/mol. The zero-order chi connectivity index (χ0) is 39.8. The Labute approximate surface area is 340 Å². The monoisotopic (exact) mass is 931 g/mol. The second-order valence-electron chi connectivity index (χ2n) is 19.6. The number of hydrogen-bond acceptors (Lipinski definition) is 3. The van der Waals surface area contributed by atoms with Crippen LogP contribution in [-0.4, -0.2) is 25.8 Å². The van der Waals surface area contributed by atoms with Gasteiger partial charge in [0.2, 0.25) is 0 Å². The topological polar surface area (TPSA) is 50.9 Å². The van der Waals surface area contributed by atoms with Crippen molar-refractivity contribution in [2.45, 2.75) is 143 Å². The van der Waals surface area contributed by atoms with E-state index in [0.717, 1.165) is 62.8 Å². The van der Waals surface area contributed by atoms with Gasteiger partial charge < -0.3 is 9.67 Å². The summed E-state index contributed by atoms with van der Waals surface area (Å²) in [5.41, 5.74) is 8.65. The molecule has 1 fully saturated rings. The van der Waals surface area contributed by atoms with Gasteiger partial charge in [-0.1, -0.05) is 104 Å². The van der Waals surface area contributed by atoms with Crippen LogP contribution >= 0.6 is 0 Å². The summed E-state index contributed by atoms with van der Waals surface area (Å²) in [6.07, 6.45) is -1.09. The van der Waals surface area contributed by atoms with E-state index in [1.54, 1.807) is 6.20 Å². The summed E-state index contributed by atoms with van der Waals surface area (Å²) in [4.78, 5) is 10.2. The number of phenolic OH excluding ortho intramolecular Hbond substituents is 1. The molecule has 55 heavy (non-hydrogen) atoms. The first kappa shape index (κ1) is 42.7. The molecule has 2 atom stereocenters. The van der Waals surface area contributed by atoms with Crippen LogP contribution in [0.4, 0.5) is 13.2 Å². The van der Waals surface area contributed by atoms with E-state index in [-0.39, 0.29) is 54.5 Å². The average Bonchev–Trinajstić information content (AvgIpc) is 3.67. The fourth-order valence-electron chi connectivity index (χ4n) is 8.11. The molecule has 1 aliphatic carbocycles. The van der Waals surface area contributed by atoms with E-state index >= 15 is 0 Å². The second kappa shape index (κ2) is 14.8. The number of fused-ring (bicyclic) bond motifs is 1. The second-order valence-corrected chi connectivity index (χ2v) is 19.6. The van der Waals surface area contributed by atoms with Crippen LogP contribution in [0.2, 0.25) is 0 Å². The van der Waals surface area contributed by atoms with Gasteiger partial charge in [0.1, 0.15) is 11.6 Å². The van der Waals surface area contributed by atoms with Crippen LogP contribution in [0.5, 0.6) is 5.75 Å². The van der Waals surface area contributed by atoms with Gasteiger partial charge in [0, 0.05) is 50.5 Å². The molecule has 0 aliphatic heterocycles. The van der Waals surface area contributed by atoms with Gasteiger partial charge in [-0.05, 0) is 91.0 Å². The number of imidazole rings is 1. The van der Waals surface area contributed by atoms with Gasteiger partial charge >= 0.3 is 6.18 Å². The van der Waals surface area contributed by atoms with Crippen LogP contribution < -0.4 is 0 Å².